The zero-order valence-electron chi connectivity index (χ0n) is 16.5. The summed E-state index contributed by atoms with van der Waals surface area (Å²) < 4.78 is 0. The number of nitrogens with zero attached hydrogens (tertiary/aromatic N) is 1. The van der Waals surface area contributed by atoms with Crippen LogP contribution in [0.3, 0.4) is 0 Å². The molecule has 0 aliphatic heterocycles. The van der Waals surface area contributed by atoms with E-state index < -0.39 is 6.04 Å². The number of aryl methyl sites for hydroxylation is 1. The molecule has 0 aliphatic rings. The minimum absolute atomic E-state index is 0.149. The van der Waals surface area contributed by atoms with Gasteiger partial charge in [0.05, 0.1) is 16.6 Å². The lowest BCUT2D eigenvalue weighted by molar-refractivity contribution is -0.123. The number of H-pyrrole nitrogens is 1. The summed E-state index contributed by atoms with van der Waals surface area (Å²) in [5.74, 6) is -0.731. The zero-order chi connectivity index (χ0) is 21.0. The van der Waals surface area contributed by atoms with Crippen molar-refractivity contribution < 1.29 is 14.4 Å². The summed E-state index contributed by atoms with van der Waals surface area (Å²) in [5, 5.41) is 15.8. The van der Waals surface area contributed by atoms with Crippen LogP contribution in [0.1, 0.15) is 43.8 Å². The van der Waals surface area contributed by atoms with E-state index in [0.29, 0.717) is 23.4 Å². The second-order valence-corrected chi connectivity index (χ2v) is 7.85. The Labute approximate surface area is 172 Å². The molecule has 3 rings (SSSR count). The van der Waals surface area contributed by atoms with Crippen LogP contribution in [0.25, 0.3) is 10.9 Å². The van der Waals surface area contributed by atoms with E-state index in [1.54, 1.807) is 37.5 Å². The Bertz CT molecular complexity index is 1060. The molecule has 2 heterocycles. The van der Waals surface area contributed by atoms with E-state index in [-0.39, 0.29) is 17.7 Å². The van der Waals surface area contributed by atoms with Crippen LogP contribution < -0.4 is 16.0 Å². The molecule has 1 atom stereocenters. The van der Waals surface area contributed by atoms with E-state index in [2.05, 4.69) is 26.1 Å². The molecule has 0 aliphatic carbocycles. The summed E-state index contributed by atoms with van der Waals surface area (Å²) >= 11 is 1.38. The van der Waals surface area contributed by atoms with Crippen molar-refractivity contribution in [1.29, 1.82) is 0 Å². The highest BCUT2D eigenvalue weighted by Crippen LogP contribution is 2.21. The van der Waals surface area contributed by atoms with Crippen LogP contribution in [-0.4, -0.2) is 41.0 Å². The third-order valence-corrected chi connectivity index (χ3v) is 5.75. The highest BCUT2D eigenvalue weighted by atomic mass is 32.1. The first-order valence-electron chi connectivity index (χ1n) is 9.26. The fourth-order valence-electron chi connectivity index (χ4n) is 2.91. The van der Waals surface area contributed by atoms with Crippen LogP contribution >= 0.6 is 11.3 Å². The number of aromatic amines is 1. The molecule has 0 unspecified atom stereocenters. The van der Waals surface area contributed by atoms with E-state index in [1.165, 1.54) is 11.3 Å². The predicted octanol–water partition coefficient (Wildman–Crippen LogP) is 2.12. The van der Waals surface area contributed by atoms with Crippen molar-refractivity contribution in [2.45, 2.75) is 32.9 Å². The fourth-order valence-corrected chi connectivity index (χ4v) is 3.90. The van der Waals surface area contributed by atoms with Gasteiger partial charge in [-0.15, -0.1) is 11.3 Å². The molecule has 3 aromatic rings. The lowest BCUT2D eigenvalue weighted by atomic mass is 10.1. The van der Waals surface area contributed by atoms with Gasteiger partial charge in [-0.25, -0.2) is 0 Å². The Balaban J connectivity index is 1.62. The minimum Gasteiger partial charge on any atom is -0.354 e. The molecular formula is C20H23N5O3S. The molecule has 0 saturated carbocycles. The van der Waals surface area contributed by atoms with Crippen molar-refractivity contribution in [3.8, 4) is 0 Å². The monoisotopic (exact) mass is 413 g/mol. The average Bonchev–Trinajstić information content (AvgIpc) is 3.35. The predicted molar refractivity (Wildman–Crippen MR) is 112 cm³/mol. The van der Waals surface area contributed by atoms with E-state index in [9.17, 15) is 14.4 Å². The normalized spacial score (nSPS) is 11.8. The van der Waals surface area contributed by atoms with Gasteiger partial charge in [0.25, 0.3) is 11.8 Å². The molecule has 0 fully saturated rings. The highest BCUT2D eigenvalue weighted by Gasteiger charge is 2.20. The maximum Gasteiger partial charge on any atom is 0.261 e. The third kappa shape index (κ3) is 4.62. The number of nitrogens with one attached hydrogen (secondary N) is 4. The second kappa shape index (κ2) is 8.87. The minimum atomic E-state index is -0.653. The van der Waals surface area contributed by atoms with E-state index in [0.717, 1.165) is 21.3 Å². The molecule has 8 nitrogen and oxygen atoms in total. The number of amides is 3. The zero-order valence-corrected chi connectivity index (χ0v) is 17.3. The molecule has 0 bridgehead atoms. The van der Waals surface area contributed by atoms with Crippen LogP contribution in [0.2, 0.25) is 0 Å². The molecule has 152 valence electrons. The maximum atomic E-state index is 12.6. The Morgan fingerprint density at radius 2 is 2.00 bits per heavy atom. The van der Waals surface area contributed by atoms with Gasteiger partial charge in [-0.1, -0.05) is 6.92 Å². The number of aromatic nitrogens is 2. The number of carbonyl (C=O) groups excluding carboxylic acids is 3. The number of thiophene rings is 1. The maximum absolute atomic E-state index is 12.6. The molecule has 0 spiro atoms. The molecule has 2 aromatic heterocycles. The molecule has 3 amide bonds. The SMILES string of the molecule is CC[C@@H](NC(=O)c1ccc2[nH]ncc2c1)C(=O)NCc1cc(C(=O)NC)sc1C. The standard InChI is InChI=1S/C20H23N5O3S/c1-4-15(24-18(26)12-5-6-16-14(7-12)10-23-25-16)19(27)22-9-13-8-17(20(28)21-3)29-11(13)2/h5-8,10,15H,4,9H2,1-3H3,(H,21,28)(H,22,27)(H,23,25)(H,24,26)/t15-/m1/s1. The number of fused-ring (bicyclic) bond motifs is 1. The molecular weight excluding hydrogens is 390 g/mol. The van der Waals surface area contributed by atoms with Gasteiger partial charge in [0.2, 0.25) is 5.91 Å². The number of hydrogen-bond donors (Lipinski definition) is 4. The summed E-state index contributed by atoms with van der Waals surface area (Å²) in [6, 6.07) is 6.32. The summed E-state index contributed by atoms with van der Waals surface area (Å²) in [6.07, 6.45) is 2.10. The van der Waals surface area contributed by atoms with Gasteiger partial charge >= 0.3 is 0 Å². The lowest BCUT2D eigenvalue weighted by Crippen LogP contribution is -2.46. The molecule has 0 saturated heterocycles. The summed E-state index contributed by atoms with van der Waals surface area (Å²) in [5.41, 5.74) is 2.19. The number of hydrogen-bond acceptors (Lipinski definition) is 5. The number of carbonyl (C=O) groups is 3. The van der Waals surface area contributed by atoms with Crippen LogP contribution in [0.5, 0.6) is 0 Å². The van der Waals surface area contributed by atoms with E-state index >= 15 is 0 Å². The smallest absolute Gasteiger partial charge is 0.261 e. The quantitative estimate of drug-likeness (QED) is 0.475. The average molecular weight is 414 g/mol. The molecule has 0 radical (unpaired) electrons. The highest BCUT2D eigenvalue weighted by molar-refractivity contribution is 7.14. The lowest BCUT2D eigenvalue weighted by Gasteiger charge is -2.17. The fraction of sp³-hybridized carbons (Fsp3) is 0.300. The Morgan fingerprint density at radius 3 is 2.72 bits per heavy atom. The van der Waals surface area contributed by atoms with Crippen LogP contribution in [0.4, 0.5) is 0 Å². The Hall–Kier alpha value is -3.20. The second-order valence-electron chi connectivity index (χ2n) is 6.60. The van der Waals surface area contributed by atoms with Crippen LogP contribution in [0, 0.1) is 6.92 Å². The number of benzene rings is 1. The van der Waals surface area contributed by atoms with Crippen molar-refractivity contribution in [1.82, 2.24) is 26.1 Å². The van der Waals surface area contributed by atoms with Crippen LogP contribution in [-0.2, 0) is 11.3 Å². The largest absolute Gasteiger partial charge is 0.354 e. The van der Waals surface area contributed by atoms with E-state index in [1.807, 2.05) is 13.8 Å². The summed E-state index contributed by atoms with van der Waals surface area (Å²) in [6.45, 7) is 4.04. The van der Waals surface area contributed by atoms with Crippen molar-refractivity contribution in [3.05, 3.63) is 51.3 Å². The van der Waals surface area contributed by atoms with Gasteiger partial charge in [-0.2, -0.15) is 5.10 Å². The van der Waals surface area contributed by atoms with Crippen LogP contribution in [0.15, 0.2) is 30.5 Å². The van der Waals surface area contributed by atoms with Crippen molar-refractivity contribution in [2.75, 3.05) is 7.05 Å². The van der Waals surface area contributed by atoms with Gasteiger partial charge < -0.3 is 16.0 Å². The Morgan fingerprint density at radius 1 is 1.21 bits per heavy atom. The van der Waals surface area contributed by atoms with Gasteiger partial charge in [-0.3, -0.25) is 19.5 Å². The van der Waals surface area contributed by atoms with Crippen molar-refractivity contribution in [2.24, 2.45) is 0 Å². The van der Waals surface area contributed by atoms with Gasteiger partial charge in [0.1, 0.15) is 6.04 Å². The summed E-state index contributed by atoms with van der Waals surface area (Å²) in [7, 11) is 1.58. The van der Waals surface area contributed by atoms with Crippen molar-refractivity contribution in [3.63, 3.8) is 0 Å². The molecule has 4 N–H and O–H groups in total. The van der Waals surface area contributed by atoms with Crippen molar-refractivity contribution >= 4 is 40.0 Å². The molecule has 1 aromatic carbocycles. The first kappa shape index (κ1) is 20.5. The third-order valence-electron chi connectivity index (χ3n) is 4.66. The first-order valence-corrected chi connectivity index (χ1v) is 10.1. The van der Waals surface area contributed by atoms with Gasteiger partial charge in [0, 0.05) is 29.4 Å². The number of rotatable bonds is 7. The first-order chi connectivity index (χ1) is 13.9. The molecule has 9 heteroatoms. The molecule has 29 heavy (non-hydrogen) atoms. The van der Waals surface area contributed by atoms with Gasteiger partial charge in [0.15, 0.2) is 0 Å². The van der Waals surface area contributed by atoms with Gasteiger partial charge in [-0.05, 0) is 43.2 Å². The Kier molecular flexibility index (Phi) is 6.28. The topological polar surface area (TPSA) is 116 Å². The van der Waals surface area contributed by atoms with E-state index in [4.69, 9.17) is 0 Å². The summed E-state index contributed by atoms with van der Waals surface area (Å²) in [4.78, 5) is 38.5.